The second kappa shape index (κ2) is 11.4. The summed E-state index contributed by atoms with van der Waals surface area (Å²) < 4.78 is 5.61. The molecule has 2 amide bonds. The van der Waals surface area contributed by atoms with Crippen molar-refractivity contribution < 1.29 is 24.2 Å². The molecule has 2 aromatic carbocycles. The lowest BCUT2D eigenvalue weighted by molar-refractivity contribution is -0.142. The van der Waals surface area contributed by atoms with E-state index in [1.165, 1.54) is 0 Å². The molecule has 1 unspecified atom stereocenters. The number of hydrogen-bond acceptors (Lipinski definition) is 5. The molecule has 4 rings (SSSR count). The predicted octanol–water partition coefficient (Wildman–Crippen LogP) is 4.18. The van der Waals surface area contributed by atoms with Gasteiger partial charge in [-0.05, 0) is 53.5 Å². The van der Waals surface area contributed by atoms with Gasteiger partial charge in [0.15, 0.2) is 0 Å². The van der Waals surface area contributed by atoms with E-state index in [-0.39, 0.29) is 24.5 Å². The van der Waals surface area contributed by atoms with Gasteiger partial charge in [-0.2, -0.15) is 11.8 Å². The molecule has 7 nitrogen and oxygen atoms in total. The second-order valence-electron chi connectivity index (χ2n) is 8.85. The first-order valence-electron chi connectivity index (χ1n) is 11.8. The Labute approximate surface area is 209 Å². The van der Waals surface area contributed by atoms with Gasteiger partial charge in [-0.15, -0.1) is 0 Å². The molecular formula is C27H30N2O5S. The molecule has 3 atom stereocenters. The number of carbonyl (C=O) groups is 3. The molecule has 0 fully saturated rings. The zero-order valence-electron chi connectivity index (χ0n) is 19.6. The number of amides is 2. The lowest BCUT2D eigenvalue weighted by Gasteiger charge is -2.25. The van der Waals surface area contributed by atoms with Crippen LogP contribution in [0.4, 0.5) is 4.79 Å². The number of carbonyl (C=O) groups excluding carboxylic acids is 2. The standard InChI is InChI=1S/C27H30N2O5S/c1-35-14-13-24(25(30)28-18-8-6-7-17(15-18)26(31)32)29-27(33)34-16-23-21-11-4-2-9-19(21)20-10-3-5-12-22(20)23/h2-6,8-12,17-18,23-24H,7,13-16H2,1H3,(H,28,30)(H,29,33)(H,31,32)/t17-,18-,24?/m0/s1. The topological polar surface area (TPSA) is 105 Å². The monoisotopic (exact) mass is 494 g/mol. The fraction of sp³-hybridized carbons (Fsp3) is 0.370. The summed E-state index contributed by atoms with van der Waals surface area (Å²) in [5, 5.41) is 14.9. The van der Waals surface area contributed by atoms with Crippen LogP contribution in [-0.2, 0) is 14.3 Å². The Morgan fingerprint density at radius 1 is 1.09 bits per heavy atom. The Kier molecular flexibility index (Phi) is 8.13. The molecule has 0 saturated heterocycles. The second-order valence-corrected chi connectivity index (χ2v) is 9.84. The molecule has 2 aliphatic carbocycles. The van der Waals surface area contributed by atoms with E-state index >= 15 is 0 Å². The Morgan fingerprint density at radius 2 is 1.74 bits per heavy atom. The van der Waals surface area contributed by atoms with Crippen molar-refractivity contribution in [3.8, 4) is 11.1 Å². The van der Waals surface area contributed by atoms with Crippen LogP contribution in [0.1, 0.15) is 36.3 Å². The van der Waals surface area contributed by atoms with Gasteiger partial charge in [0.2, 0.25) is 5.91 Å². The summed E-state index contributed by atoms with van der Waals surface area (Å²) in [5.41, 5.74) is 4.54. The fourth-order valence-corrected chi connectivity index (χ4v) is 5.24. The normalized spacial score (nSPS) is 19.3. The molecule has 0 bridgehead atoms. The van der Waals surface area contributed by atoms with Gasteiger partial charge in [0.25, 0.3) is 0 Å². The number of thioether (sulfide) groups is 1. The summed E-state index contributed by atoms with van der Waals surface area (Å²) in [4.78, 5) is 37.0. The Hall–Kier alpha value is -3.26. The minimum Gasteiger partial charge on any atom is -0.481 e. The van der Waals surface area contributed by atoms with Gasteiger partial charge in [-0.3, -0.25) is 9.59 Å². The van der Waals surface area contributed by atoms with Crippen molar-refractivity contribution in [2.24, 2.45) is 5.92 Å². The molecule has 35 heavy (non-hydrogen) atoms. The highest BCUT2D eigenvalue weighted by Gasteiger charge is 2.31. The molecule has 2 aromatic rings. The van der Waals surface area contributed by atoms with Gasteiger partial charge in [0.1, 0.15) is 12.6 Å². The van der Waals surface area contributed by atoms with Crippen LogP contribution < -0.4 is 10.6 Å². The highest BCUT2D eigenvalue weighted by Crippen LogP contribution is 2.44. The number of aliphatic carboxylic acids is 1. The SMILES string of the molecule is CSCCC(NC(=O)OCC1c2ccccc2-c2ccccc21)C(=O)N[C@H]1C=CC[C@H](C(=O)O)C1. The summed E-state index contributed by atoms with van der Waals surface area (Å²) in [5.74, 6) is -1.12. The molecule has 0 heterocycles. The first-order chi connectivity index (χ1) is 17.0. The smallest absolute Gasteiger partial charge is 0.407 e. The maximum absolute atomic E-state index is 12.9. The maximum Gasteiger partial charge on any atom is 0.407 e. The number of fused-ring (bicyclic) bond motifs is 3. The van der Waals surface area contributed by atoms with Crippen molar-refractivity contribution in [2.75, 3.05) is 18.6 Å². The van der Waals surface area contributed by atoms with Crippen LogP contribution in [0.5, 0.6) is 0 Å². The van der Waals surface area contributed by atoms with Crippen LogP contribution in [-0.4, -0.2) is 53.8 Å². The molecule has 0 saturated carbocycles. The van der Waals surface area contributed by atoms with Crippen LogP contribution in [0.25, 0.3) is 11.1 Å². The lowest BCUT2D eigenvalue weighted by Crippen LogP contribution is -2.50. The number of carboxylic acid groups (broad SMARTS) is 1. The Balaban J connectivity index is 1.37. The molecule has 3 N–H and O–H groups in total. The third kappa shape index (κ3) is 5.88. The highest BCUT2D eigenvalue weighted by atomic mass is 32.2. The van der Waals surface area contributed by atoms with E-state index in [9.17, 15) is 19.5 Å². The zero-order chi connectivity index (χ0) is 24.8. The van der Waals surface area contributed by atoms with E-state index in [4.69, 9.17) is 4.74 Å². The van der Waals surface area contributed by atoms with E-state index < -0.39 is 24.0 Å². The van der Waals surface area contributed by atoms with Crippen LogP contribution in [0, 0.1) is 5.92 Å². The van der Waals surface area contributed by atoms with Crippen LogP contribution >= 0.6 is 11.8 Å². The summed E-state index contributed by atoms with van der Waals surface area (Å²) in [6.45, 7) is 0.169. The quantitative estimate of drug-likeness (QED) is 0.452. The minimum atomic E-state index is -0.871. The summed E-state index contributed by atoms with van der Waals surface area (Å²) in [7, 11) is 0. The van der Waals surface area contributed by atoms with Crippen molar-refractivity contribution in [1.29, 1.82) is 0 Å². The van der Waals surface area contributed by atoms with Crippen molar-refractivity contribution in [1.82, 2.24) is 10.6 Å². The number of ether oxygens (including phenoxy) is 1. The van der Waals surface area contributed by atoms with Crippen molar-refractivity contribution in [2.45, 2.75) is 37.3 Å². The van der Waals surface area contributed by atoms with E-state index in [1.807, 2.05) is 36.6 Å². The number of hydrogen-bond donors (Lipinski definition) is 3. The van der Waals surface area contributed by atoms with E-state index in [2.05, 4.69) is 34.9 Å². The zero-order valence-corrected chi connectivity index (χ0v) is 20.4. The minimum absolute atomic E-state index is 0.0630. The molecule has 0 radical (unpaired) electrons. The van der Waals surface area contributed by atoms with Gasteiger partial charge in [-0.25, -0.2) is 4.79 Å². The van der Waals surface area contributed by atoms with E-state index in [0.29, 0.717) is 25.0 Å². The van der Waals surface area contributed by atoms with Gasteiger partial charge in [0, 0.05) is 12.0 Å². The van der Waals surface area contributed by atoms with Crippen molar-refractivity contribution >= 4 is 29.7 Å². The summed E-state index contributed by atoms with van der Waals surface area (Å²) in [6.07, 6.45) is 6.11. The first-order valence-corrected chi connectivity index (χ1v) is 13.2. The number of allylic oxidation sites excluding steroid dienone is 1. The fourth-order valence-electron chi connectivity index (χ4n) is 4.77. The number of rotatable bonds is 9. The number of alkyl carbamates (subject to hydrolysis) is 1. The van der Waals surface area contributed by atoms with E-state index in [0.717, 1.165) is 22.3 Å². The first kappa shape index (κ1) is 24.9. The molecule has 0 spiro atoms. The molecule has 0 aliphatic heterocycles. The third-order valence-corrected chi connectivity index (χ3v) is 7.21. The van der Waals surface area contributed by atoms with Gasteiger partial charge in [-0.1, -0.05) is 60.7 Å². The molecule has 8 heteroatoms. The molecule has 184 valence electrons. The molecular weight excluding hydrogens is 464 g/mol. The van der Waals surface area contributed by atoms with Gasteiger partial charge < -0.3 is 20.5 Å². The largest absolute Gasteiger partial charge is 0.481 e. The third-order valence-electron chi connectivity index (χ3n) is 6.57. The Morgan fingerprint density at radius 3 is 2.37 bits per heavy atom. The van der Waals surface area contributed by atoms with Crippen molar-refractivity contribution in [3.63, 3.8) is 0 Å². The average Bonchev–Trinajstić information content (AvgIpc) is 3.19. The van der Waals surface area contributed by atoms with Gasteiger partial charge in [0.05, 0.1) is 5.92 Å². The van der Waals surface area contributed by atoms with Crippen LogP contribution in [0.2, 0.25) is 0 Å². The highest BCUT2D eigenvalue weighted by molar-refractivity contribution is 7.98. The summed E-state index contributed by atoms with van der Waals surface area (Å²) >= 11 is 1.58. The number of benzene rings is 2. The molecule has 2 aliphatic rings. The average molecular weight is 495 g/mol. The lowest BCUT2D eigenvalue weighted by atomic mass is 9.91. The number of carboxylic acids is 1. The maximum atomic E-state index is 12.9. The predicted molar refractivity (Wildman–Crippen MR) is 136 cm³/mol. The summed E-state index contributed by atoms with van der Waals surface area (Å²) in [6, 6.07) is 15.1. The molecule has 0 aromatic heterocycles. The van der Waals surface area contributed by atoms with E-state index in [1.54, 1.807) is 17.8 Å². The van der Waals surface area contributed by atoms with Crippen molar-refractivity contribution in [3.05, 3.63) is 71.8 Å². The van der Waals surface area contributed by atoms with Crippen LogP contribution in [0.15, 0.2) is 60.7 Å². The Bertz CT molecular complexity index is 1070. The van der Waals surface area contributed by atoms with Gasteiger partial charge >= 0.3 is 12.1 Å². The van der Waals surface area contributed by atoms with Crippen LogP contribution in [0.3, 0.4) is 0 Å². The number of nitrogens with one attached hydrogen (secondary N) is 2.